The normalized spacial score (nSPS) is 15.2. The lowest BCUT2D eigenvalue weighted by molar-refractivity contribution is 0.0690. The minimum atomic E-state index is -1.18. The molecule has 7 heteroatoms. The lowest BCUT2D eigenvalue weighted by Gasteiger charge is -2.12. The Morgan fingerprint density at radius 2 is 2.04 bits per heavy atom. The van der Waals surface area contributed by atoms with Gasteiger partial charge in [-0.1, -0.05) is 25.1 Å². The van der Waals surface area contributed by atoms with Crippen molar-refractivity contribution in [3.8, 4) is 11.5 Å². The van der Waals surface area contributed by atoms with Crippen molar-refractivity contribution in [1.82, 2.24) is 10.3 Å². The van der Waals surface area contributed by atoms with E-state index in [2.05, 4.69) is 10.3 Å². The summed E-state index contributed by atoms with van der Waals surface area (Å²) in [5.41, 5.74) is 0.703. The third kappa shape index (κ3) is 3.55. The standard InChI is InChI=1S/C18H18N2O5/c1-2-9-24-15-8-3-5-11-14(10-25-16(11)15)20-17(21)12-6-4-7-13(19-12)18(22)23/h3-8,14H,2,9-10H2,1H3,(H,20,21)(H,22,23). The molecule has 0 bridgehead atoms. The molecule has 25 heavy (non-hydrogen) atoms. The number of amides is 1. The molecule has 7 nitrogen and oxygen atoms in total. The lowest BCUT2D eigenvalue weighted by Crippen LogP contribution is -2.30. The number of rotatable bonds is 6. The first kappa shape index (κ1) is 16.8. The fraction of sp³-hybridized carbons (Fsp3) is 0.278. The number of hydrogen-bond acceptors (Lipinski definition) is 5. The van der Waals surface area contributed by atoms with Gasteiger partial charge < -0.3 is 19.9 Å². The van der Waals surface area contributed by atoms with E-state index < -0.39 is 11.9 Å². The number of carboxylic acids is 1. The maximum atomic E-state index is 12.4. The van der Waals surface area contributed by atoms with Gasteiger partial charge in [0, 0.05) is 5.56 Å². The van der Waals surface area contributed by atoms with Gasteiger partial charge in [-0.25, -0.2) is 9.78 Å². The molecule has 2 heterocycles. The fourth-order valence-corrected chi connectivity index (χ4v) is 2.58. The van der Waals surface area contributed by atoms with Crippen molar-refractivity contribution >= 4 is 11.9 Å². The van der Waals surface area contributed by atoms with E-state index in [1.54, 1.807) is 0 Å². The van der Waals surface area contributed by atoms with Crippen molar-refractivity contribution in [2.75, 3.05) is 13.2 Å². The summed E-state index contributed by atoms with van der Waals surface area (Å²) in [7, 11) is 0. The monoisotopic (exact) mass is 342 g/mol. The van der Waals surface area contributed by atoms with Gasteiger partial charge in [0.25, 0.3) is 5.91 Å². The van der Waals surface area contributed by atoms with Crippen molar-refractivity contribution in [2.45, 2.75) is 19.4 Å². The molecule has 0 radical (unpaired) electrons. The van der Waals surface area contributed by atoms with Crippen LogP contribution in [0.2, 0.25) is 0 Å². The van der Waals surface area contributed by atoms with Crippen molar-refractivity contribution < 1.29 is 24.2 Å². The van der Waals surface area contributed by atoms with E-state index in [0.29, 0.717) is 18.1 Å². The first-order valence-electron chi connectivity index (χ1n) is 8.00. The minimum absolute atomic E-state index is 0.0479. The van der Waals surface area contributed by atoms with Gasteiger partial charge in [0.2, 0.25) is 0 Å². The zero-order valence-electron chi connectivity index (χ0n) is 13.7. The Labute approximate surface area is 144 Å². The van der Waals surface area contributed by atoms with Crippen molar-refractivity contribution in [2.24, 2.45) is 0 Å². The third-order valence-electron chi connectivity index (χ3n) is 3.75. The molecule has 2 N–H and O–H groups in total. The molecule has 2 aromatic rings. The number of aromatic carboxylic acids is 1. The Morgan fingerprint density at radius 1 is 1.28 bits per heavy atom. The molecule has 0 fully saturated rings. The molecule has 1 aliphatic heterocycles. The minimum Gasteiger partial charge on any atom is -0.490 e. The number of carbonyl (C=O) groups is 2. The average molecular weight is 342 g/mol. The Balaban J connectivity index is 1.77. The summed E-state index contributed by atoms with van der Waals surface area (Å²) in [5, 5.41) is 11.8. The van der Waals surface area contributed by atoms with Gasteiger partial charge in [-0.3, -0.25) is 4.79 Å². The van der Waals surface area contributed by atoms with E-state index in [0.717, 1.165) is 12.0 Å². The summed E-state index contributed by atoms with van der Waals surface area (Å²) in [6.45, 7) is 2.89. The predicted molar refractivity (Wildman–Crippen MR) is 89.1 cm³/mol. The van der Waals surface area contributed by atoms with Crippen LogP contribution in [0.15, 0.2) is 36.4 Å². The lowest BCUT2D eigenvalue weighted by atomic mass is 10.1. The Hall–Kier alpha value is -3.09. The van der Waals surface area contributed by atoms with E-state index >= 15 is 0 Å². The highest BCUT2D eigenvalue weighted by Crippen LogP contribution is 2.40. The topological polar surface area (TPSA) is 97.8 Å². The van der Waals surface area contributed by atoms with Crippen LogP contribution in [0.4, 0.5) is 0 Å². The van der Waals surface area contributed by atoms with Crippen LogP contribution in [-0.2, 0) is 0 Å². The Bertz CT molecular complexity index is 806. The number of ether oxygens (including phenoxy) is 2. The molecule has 0 spiro atoms. The number of fused-ring (bicyclic) bond motifs is 1. The second kappa shape index (κ2) is 7.21. The molecular formula is C18H18N2O5. The van der Waals surface area contributed by atoms with Gasteiger partial charge in [-0.15, -0.1) is 0 Å². The maximum Gasteiger partial charge on any atom is 0.354 e. The highest BCUT2D eigenvalue weighted by Gasteiger charge is 2.29. The Kier molecular flexibility index (Phi) is 4.83. The SMILES string of the molecule is CCCOc1cccc2c1OCC2NC(=O)c1cccc(C(=O)O)n1. The summed E-state index contributed by atoms with van der Waals surface area (Å²) >= 11 is 0. The molecule has 0 aliphatic carbocycles. The number of aromatic nitrogens is 1. The van der Waals surface area contributed by atoms with Crippen LogP contribution in [0.3, 0.4) is 0 Å². The highest BCUT2D eigenvalue weighted by molar-refractivity contribution is 5.94. The summed E-state index contributed by atoms with van der Waals surface area (Å²) in [5.74, 6) is -0.345. The first-order chi connectivity index (χ1) is 12.1. The molecule has 1 aliphatic rings. The van der Waals surface area contributed by atoms with Crippen LogP contribution in [0.25, 0.3) is 0 Å². The molecule has 1 amide bonds. The molecule has 0 saturated carbocycles. The molecular weight excluding hydrogens is 324 g/mol. The summed E-state index contributed by atoms with van der Waals surface area (Å²) in [6, 6.07) is 9.50. The number of nitrogens with zero attached hydrogens (tertiary/aromatic N) is 1. The largest absolute Gasteiger partial charge is 0.490 e. The summed E-state index contributed by atoms with van der Waals surface area (Å²) in [4.78, 5) is 27.2. The van der Waals surface area contributed by atoms with Gasteiger partial charge >= 0.3 is 5.97 Å². The van der Waals surface area contributed by atoms with Crippen LogP contribution < -0.4 is 14.8 Å². The van der Waals surface area contributed by atoms with Gasteiger partial charge in [-0.05, 0) is 24.6 Å². The van der Waals surface area contributed by atoms with Crippen LogP contribution in [-0.4, -0.2) is 35.2 Å². The second-order valence-electron chi connectivity index (χ2n) is 5.57. The number of para-hydroxylation sites is 1. The smallest absolute Gasteiger partial charge is 0.354 e. The van der Waals surface area contributed by atoms with Crippen molar-refractivity contribution in [3.63, 3.8) is 0 Å². The van der Waals surface area contributed by atoms with E-state index in [1.165, 1.54) is 18.2 Å². The van der Waals surface area contributed by atoms with Crippen molar-refractivity contribution in [3.05, 3.63) is 53.3 Å². The zero-order chi connectivity index (χ0) is 17.8. The van der Waals surface area contributed by atoms with Crippen LogP contribution in [0.5, 0.6) is 11.5 Å². The number of carboxylic acid groups (broad SMARTS) is 1. The van der Waals surface area contributed by atoms with Gasteiger partial charge in [0.15, 0.2) is 11.5 Å². The van der Waals surface area contributed by atoms with E-state index in [-0.39, 0.29) is 24.0 Å². The fourth-order valence-electron chi connectivity index (χ4n) is 2.58. The Morgan fingerprint density at radius 3 is 2.80 bits per heavy atom. The van der Waals surface area contributed by atoms with E-state index in [4.69, 9.17) is 14.6 Å². The first-order valence-corrected chi connectivity index (χ1v) is 8.00. The molecule has 1 unspecified atom stereocenters. The number of nitrogens with one attached hydrogen (secondary N) is 1. The molecule has 1 aromatic carbocycles. The number of carbonyl (C=O) groups excluding carboxylic acids is 1. The van der Waals surface area contributed by atoms with E-state index in [1.807, 2.05) is 25.1 Å². The average Bonchev–Trinajstić information content (AvgIpc) is 3.03. The third-order valence-corrected chi connectivity index (χ3v) is 3.75. The van der Waals surface area contributed by atoms with Gasteiger partial charge in [0.05, 0.1) is 12.6 Å². The second-order valence-corrected chi connectivity index (χ2v) is 5.57. The van der Waals surface area contributed by atoms with Crippen molar-refractivity contribution in [1.29, 1.82) is 0 Å². The maximum absolute atomic E-state index is 12.4. The number of pyridine rings is 1. The highest BCUT2D eigenvalue weighted by atomic mass is 16.5. The zero-order valence-corrected chi connectivity index (χ0v) is 13.7. The number of hydrogen-bond donors (Lipinski definition) is 2. The van der Waals surface area contributed by atoms with Crippen LogP contribution in [0, 0.1) is 0 Å². The summed E-state index contributed by atoms with van der Waals surface area (Å²) in [6.07, 6.45) is 0.884. The van der Waals surface area contributed by atoms with E-state index in [9.17, 15) is 9.59 Å². The summed E-state index contributed by atoms with van der Waals surface area (Å²) < 4.78 is 11.3. The van der Waals surface area contributed by atoms with Gasteiger partial charge in [-0.2, -0.15) is 0 Å². The molecule has 1 aromatic heterocycles. The molecule has 0 saturated heterocycles. The van der Waals surface area contributed by atoms with Crippen LogP contribution >= 0.6 is 0 Å². The quantitative estimate of drug-likeness (QED) is 0.837. The van der Waals surface area contributed by atoms with Crippen LogP contribution in [0.1, 0.15) is 45.9 Å². The predicted octanol–water partition coefficient (Wildman–Crippen LogP) is 2.43. The van der Waals surface area contributed by atoms with Gasteiger partial charge in [0.1, 0.15) is 18.0 Å². The molecule has 130 valence electrons. The molecule has 3 rings (SSSR count). The number of benzene rings is 1. The molecule has 1 atom stereocenters.